The topological polar surface area (TPSA) is 102 Å². The van der Waals surface area contributed by atoms with E-state index in [4.69, 9.17) is 4.74 Å². The fourth-order valence-corrected chi connectivity index (χ4v) is 3.50. The number of benzene rings is 1. The molecule has 2 N–H and O–H groups in total. The third-order valence-electron chi connectivity index (χ3n) is 3.88. The van der Waals surface area contributed by atoms with Crippen LogP contribution in [0.25, 0.3) is 15.9 Å². The van der Waals surface area contributed by atoms with E-state index in [1.165, 1.54) is 19.2 Å². The molecule has 0 radical (unpaired) electrons. The molecule has 10 heteroatoms. The molecule has 0 atom stereocenters. The molecule has 2 heterocycles. The number of likely N-dealkylation sites (N-methyl/N-ethyl adjacent to an activating group) is 1. The predicted molar refractivity (Wildman–Crippen MR) is 101 cm³/mol. The summed E-state index contributed by atoms with van der Waals surface area (Å²) in [7, 11) is 1.45. The van der Waals surface area contributed by atoms with Crippen LogP contribution in [0.3, 0.4) is 0 Å². The molecule has 0 fully saturated rings. The Bertz CT molecular complexity index is 1040. The van der Waals surface area contributed by atoms with Crippen LogP contribution in [0.2, 0.25) is 0 Å². The van der Waals surface area contributed by atoms with Crippen LogP contribution in [0.5, 0.6) is 0 Å². The van der Waals surface area contributed by atoms with Crippen LogP contribution in [0, 0.1) is 12.7 Å². The highest BCUT2D eigenvalue weighted by Gasteiger charge is 2.19. The highest BCUT2D eigenvalue weighted by molar-refractivity contribution is 7.20. The van der Waals surface area contributed by atoms with Gasteiger partial charge in [-0.15, -0.1) is 11.3 Å². The van der Waals surface area contributed by atoms with Crippen LogP contribution in [-0.2, 0) is 14.3 Å². The van der Waals surface area contributed by atoms with Crippen LogP contribution >= 0.6 is 11.3 Å². The van der Waals surface area contributed by atoms with Crippen LogP contribution in [0.15, 0.2) is 30.3 Å². The molecule has 2 amide bonds. The minimum absolute atomic E-state index is 0.192. The number of aryl methyl sites for hydroxylation is 1. The van der Waals surface area contributed by atoms with E-state index in [0.717, 1.165) is 16.7 Å². The summed E-state index contributed by atoms with van der Waals surface area (Å²) in [6.45, 7) is 1.12. The number of aromatic nitrogens is 2. The summed E-state index contributed by atoms with van der Waals surface area (Å²) >= 11 is 1.16. The molecule has 0 aliphatic heterocycles. The van der Waals surface area contributed by atoms with Gasteiger partial charge < -0.3 is 15.4 Å². The van der Waals surface area contributed by atoms with Gasteiger partial charge in [-0.05, 0) is 37.3 Å². The van der Waals surface area contributed by atoms with E-state index in [0.29, 0.717) is 21.1 Å². The van der Waals surface area contributed by atoms with Gasteiger partial charge in [0.1, 0.15) is 15.5 Å². The van der Waals surface area contributed by atoms with Crippen molar-refractivity contribution in [3.8, 4) is 5.69 Å². The number of carbonyl (C=O) groups is 3. The third kappa shape index (κ3) is 4.17. The van der Waals surface area contributed by atoms with Crippen LogP contribution in [-0.4, -0.2) is 47.8 Å². The molecule has 0 saturated carbocycles. The maximum atomic E-state index is 13.2. The van der Waals surface area contributed by atoms with Crippen molar-refractivity contribution in [2.75, 3.05) is 20.2 Å². The number of thiophene rings is 1. The van der Waals surface area contributed by atoms with Crippen molar-refractivity contribution in [2.24, 2.45) is 0 Å². The van der Waals surface area contributed by atoms with Gasteiger partial charge in [0, 0.05) is 12.4 Å². The van der Waals surface area contributed by atoms with Crippen LogP contribution < -0.4 is 10.6 Å². The van der Waals surface area contributed by atoms with Gasteiger partial charge in [-0.2, -0.15) is 5.10 Å². The molecule has 146 valence electrons. The molecule has 2 aromatic heterocycles. The Morgan fingerprint density at radius 3 is 2.61 bits per heavy atom. The standard InChI is InChI=1S/C18H17FN4O4S/c1-10-13-7-14(18(26)27-9-16(25)21-8-15(24)20-2)28-17(13)23(22-10)12-5-3-11(19)4-6-12/h3-7H,8-9H2,1-2H3,(H,20,24)(H,21,25). The Hall–Kier alpha value is -3.27. The number of hydrogen-bond donors (Lipinski definition) is 2. The zero-order valence-corrected chi connectivity index (χ0v) is 15.9. The number of nitrogens with zero attached hydrogens (tertiary/aromatic N) is 2. The first-order valence-electron chi connectivity index (χ1n) is 8.28. The number of fused-ring (bicyclic) bond motifs is 1. The molecule has 0 spiro atoms. The molecule has 0 aliphatic carbocycles. The second kappa shape index (κ2) is 8.17. The summed E-state index contributed by atoms with van der Waals surface area (Å²) < 4.78 is 19.8. The minimum Gasteiger partial charge on any atom is -0.451 e. The number of rotatable bonds is 6. The fourth-order valence-electron chi connectivity index (χ4n) is 2.43. The van der Waals surface area contributed by atoms with E-state index in [9.17, 15) is 18.8 Å². The summed E-state index contributed by atoms with van der Waals surface area (Å²) in [5.74, 6) is -1.94. The largest absolute Gasteiger partial charge is 0.451 e. The first-order chi connectivity index (χ1) is 13.4. The Kier molecular flexibility index (Phi) is 5.69. The lowest BCUT2D eigenvalue weighted by Crippen LogP contribution is -2.37. The second-order valence-electron chi connectivity index (χ2n) is 5.83. The van der Waals surface area contributed by atoms with Gasteiger partial charge in [0.2, 0.25) is 5.91 Å². The van der Waals surface area contributed by atoms with Crippen molar-refractivity contribution < 1.29 is 23.5 Å². The van der Waals surface area contributed by atoms with E-state index in [2.05, 4.69) is 15.7 Å². The van der Waals surface area contributed by atoms with Gasteiger partial charge in [-0.3, -0.25) is 9.59 Å². The molecular weight excluding hydrogens is 387 g/mol. The smallest absolute Gasteiger partial charge is 0.348 e. The quantitative estimate of drug-likeness (QED) is 0.607. The van der Waals surface area contributed by atoms with E-state index in [-0.39, 0.29) is 18.3 Å². The van der Waals surface area contributed by atoms with Crippen molar-refractivity contribution in [1.29, 1.82) is 0 Å². The summed E-state index contributed by atoms with van der Waals surface area (Å²) in [4.78, 5) is 36.0. The van der Waals surface area contributed by atoms with Crippen molar-refractivity contribution in [1.82, 2.24) is 20.4 Å². The van der Waals surface area contributed by atoms with Crippen LogP contribution in [0.4, 0.5) is 4.39 Å². The molecule has 0 unspecified atom stereocenters. The van der Waals surface area contributed by atoms with Gasteiger partial charge in [-0.25, -0.2) is 13.9 Å². The van der Waals surface area contributed by atoms with E-state index >= 15 is 0 Å². The Labute approximate surface area is 163 Å². The first-order valence-corrected chi connectivity index (χ1v) is 9.10. The van der Waals surface area contributed by atoms with Crippen LogP contribution in [0.1, 0.15) is 15.4 Å². The van der Waals surface area contributed by atoms with Crippen molar-refractivity contribution in [3.05, 3.63) is 46.7 Å². The summed E-state index contributed by atoms with van der Waals surface area (Å²) in [5, 5.41) is 9.89. The highest BCUT2D eigenvalue weighted by atomic mass is 32.1. The number of hydrogen-bond acceptors (Lipinski definition) is 6. The zero-order chi connectivity index (χ0) is 20.3. The lowest BCUT2D eigenvalue weighted by molar-refractivity contribution is -0.127. The second-order valence-corrected chi connectivity index (χ2v) is 6.86. The van der Waals surface area contributed by atoms with E-state index < -0.39 is 18.5 Å². The molecule has 3 aromatic rings. The first kappa shape index (κ1) is 19.5. The van der Waals surface area contributed by atoms with Gasteiger partial charge in [0.25, 0.3) is 5.91 Å². The van der Waals surface area contributed by atoms with Crippen molar-refractivity contribution in [3.63, 3.8) is 0 Å². The Balaban J connectivity index is 1.72. The highest BCUT2D eigenvalue weighted by Crippen LogP contribution is 2.30. The number of esters is 1. The normalized spacial score (nSPS) is 10.7. The third-order valence-corrected chi connectivity index (χ3v) is 4.97. The monoisotopic (exact) mass is 404 g/mol. The summed E-state index contributed by atoms with van der Waals surface area (Å²) in [5.41, 5.74) is 1.37. The van der Waals surface area contributed by atoms with Crippen molar-refractivity contribution >= 4 is 39.3 Å². The maximum absolute atomic E-state index is 13.2. The summed E-state index contributed by atoms with van der Waals surface area (Å²) in [6.07, 6.45) is 0. The van der Waals surface area contributed by atoms with E-state index in [1.54, 1.807) is 29.8 Å². The molecule has 8 nitrogen and oxygen atoms in total. The molecule has 28 heavy (non-hydrogen) atoms. The SMILES string of the molecule is CNC(=O)CNC(=O)COC(=O)c1cc2c(C)nn(-c3ccc(F)cc3)c2s1. The van der Waals surface area contributed by atoms with Gasteiger partial charge in [0.15, 0.2) is 6.61 Å². The number of carbonyl (C=O) groups excluding carboxylic acids is 3. The van der Waals surface area contributed by atoms with E-state index in [1.807, 2.05) is 0 Å². The van der Waals surface area contributed by atoms with Gasteiger partial charge in [0.05, 0.1) is 17.9 Å². The molecule has 3 rings (SSSR count). The molecule has 0 saturated heterocycles. The Morgan fingerprint density at radius 2 is 1.93 bits per heavy atom. The fraction of sp³-hybridized carbons (Fsp3) is 0.222. The predicted octanol–water partition coefficient (Wildman–Crippen LogP) is 1.55. The lowest BCUT2D eigenvalue weighted by atomic mass is 10.3. The van der Waals surface area contributed by atoms with Crippen molar-refractivity contribution in [2.45, 2.75) is 6.92 Å². The maximum Gasteiger partial charge on any atom is 0.348 e. The minimum atomic E-state index is -0.652. The number of nitrogens with one attached hydrogen (secondary N) is 2. The van der Waals surface area contributed by atoms with Gasteiger partial charge in [-0.1, -0.05) is 0 Å². The average molecular weight is 404 g/mol. The number of ether oxygens (including phenoxy) is 1. The lowest BCUT2D eigenvalue weighted by Gasteiger charge is -2.05. The van der Waals surface area contributed by atoms with Gasteiger partial charge >= 0.3 is 5.97 Å². The molecule has 1 aromatic carbocycles. The molecule has 0 bridgehead atoms. The zero-order valence-electron chi connectivity index (χ0n) is 15.1. The number of amides is 2. The Morgan fingerprint density at radius 1 is 1.21 bits per heavy atom. The molecular formula is C18H17FN4O4S. The number of halogens is 1. The molecule has 0 aliphatic rings. The average Bonchev–Trinajstić information content (AvgIpc) is 3.25. The summed E-state index contributed by atoms with van der Waals surface area (Å²) in [6, 6.07) is 7.50.